The largest absolute Gasteiger partial charge is 0.497 e. The lowest BCUT2D eigenvalue weighted by atomic mass is 9.97. The van der Waals surface area contributed by atoms with Crippen LogP contribution in [0.4, 0.5) is 13.2 Å². The molecule has 0 saturated heterocycles. The maximum Gasteiger partial charge on any atom is 0.452 e. The summed E-state index contributed by atoms with van der Waals surface area (Å²) in [5.74, 6) is -5.22. The zero-order valence-corrected chi connectivity index (χ0v) is 24.9. The average Bonchev–Trinajstić information content (AvgIpc) is 2.90. The van der Waals surface area contributed by atoms with Gasteiger partial charge < -0.3 is 25.4 Å². The van der Waals surface area contributed by atoms with Crippen molar-refractivity contribution in [2.75, 3.05) is 13.7 Å². The fourth-order valence-electron chi connectivity index (χ4n) is 3.67. The van der Waals surface area contributed by atoms with Crippen LogP contribution in [0.25, 0.3) is 0 Å². The van der Waals surface area contributed by atoms with Crippen molar-refractivity contribution in [3.05, 3.63) is 64.7 Å². The minimum absolute atomic E-state index is 0.158. The lowest BCUT2D eigenvalue weighted by Gasteiger charge is -2.28. The van der Waals surface area contributed by atoms with E-state index in [0.717, 1.165) is 0 Å². The van der Waals surface area contributed by atoms with Gasteiger partial charge in [0.1, 0.15) is 17.8 Å². The number of benzene rings is 2. The molecule has 2 aromatic carbocycles. The van der Waals surface area contributed by atoms with Crippen LogP contribution in [0.5, 0.6) is 5.75 Å². The second-order valence-corrected chi connectivity index (χ2v) is 11.2. The number of ketones is 1. The van der Waals surface area contributed by atoms with Gasteiger partial charge in [-0.3, -0.25) is 19.2 Å². The van der Waals surface area contributed by atoms with E-state index in [1.54, 1.807) is 32.9 Å². The Kier molecular flexibility index (Phi) is 11.9. The highest BCUT2D eigenvalue weighted by atomic mass is 35.5. The molecule has 2 rings (SSSR count). The maximum absolute atomic E-state index is 13.5. The molecule has 13 heteroatoms. The van der Waals surface area contributed by atoms with Gasteiger partial charge >= 0.3 is 6.18 Å². The fourth-order valence-corrected chi connectivity index (χ4v) is 3.87. The smallest absolute Gasteiger partial charge is 0.452 e. The molecule has 0 saturated carbocycles. The minimum Gasteiger partial charge on any atom is -0.497 e. The summed E-state index contributed by atoms with van der Waals surface area (Å²) in [6, 6.07) is 7.06. The van der Waals surface area contributed by atoms with Crippen molar-refractivity contribution in [3.8, 4) is 5.75 Å². The number of nitrogens with one attached hydrogen (secondary N) is 3. The van der Waals surface area contributed by atoms with Crippen molar-refractivity contribution in [1.82, 2.24) is 16.0 Å². The third-order valence-corrected chi connectivity index (χ3v) is 6.15. The van der Waals surface area contributed by atoms with Crippen LogP contribution in [0.2, 0.25) is 5.02 Å². The summed E-state index contributed by atoms with van der Waals surface area (Å²) >= 11 is 5.98. The van der Waals surface area contributed by atoms with E-state index in [0.29, 0.717) is 10.8 Å². The monoisotopic (exact) mass is 613 g/mol. The zero-order valence-electron chi connectivity index (χ0n) is 24.1. The van der Waals surface area contributed by atoms with Gasteiger partial charge in [-0.05, 0) is 62.6 Å². The fraction of sp³-hybridized carbons (Fsp3) is 0.448. The van der Waals surface area contributed by atoms with Crippen LogP contribution >= 0.6 is 11.6 Å². The molecule has 2 aromatic rings. The molecule has 0 aliphatic carbocycles. The summed E-state index contributed by atoms with van der Waals surface area (Å²) in [6.07, 6.45) is -5.19. The molecule has 0 aromatic heterocycles. The predicted molar refractivity (Wildman–Crippen MR) is 150 cm³/mol. The standard InChI is InChI=1S/C29H35ClF3N3O6/c1-16(2)22(24(37)29(31,32)33)35-27(40)23(17-10-12-20(41-6)13-11-17)36-26(39)21(15-42-28(3,4)5)34-25(38)18-8-7-9-19(30)14-18/h7-14,16,21-23H,15H2,1-6H3,(H,34,38)(H,35,40)(H,36,39)/t21-,22-,23?/m0/s1. The van der Waals surface area contributed by atoms with Gasteiger partial charge in [-0.25, -0.2) is 0 Å². The molecule has 3 amide bonds. The van der Waals surface area contributed by atoms with Crippen LogP contribution in [0, 0.1) is 5.92 Å². The Labute approximate surface area is 247 Å². The Balaban J connectivity index is 2.42. The van der Waals surface area contributed by atoms with E-state index in [4.69, 9.17) is 21.1 Å². The number of hydrogen-bond acceptors (Lipinski definition) is 6. The Morgan fingerprint density at radius 2 is 1.52 bits per heavy atom. The van der Waals surface area contributed by atoms with E-state index in [9.17, 15) is 32.3 Å². The number of amides is 3. The number of hydrogen-bond donors (Lipinski definition) is 3. The summed E-state index contributed by atoms with van der Waals surface area (Å²) in [5, 5.41) is 7.47. The summed E-state index contributed by atoms with van der Waals surface area (Å²) in [7, 11) is 1.42. The van der Waals surface area contributed by atoms with Gasteiger partial charge in [0.05, 0.1) is 25.4 Å². The first kappa shape index (κ1) is 34.6. The molecule has 0 aliphatic rings. The second kappa shape index (κ2) is 14.5. The van der Waals surface area contributed by atoms with Crippen LogP contribution < -0.4 is 20.7 Å². The molecule has 230 valence electrons. The van der Waals surface area contributed by atoms with Gasteiger partial charge in [0, 0.05) is 10.6 Å². The lowest BCUT2D eigenvalue weighted by Crippen LogP contribution is -2.55. The number of rotatable bonds is 12. The van der Waals surface area contributed by atoms with Crippen molar-refractivity contribution < 1.29 is 41.8 Å². The molecule has 3 atom stereocenters. The topological polar surface area (TPSA) is 123 Å². The Bertz CT molecular complexity index is 1260. The molecule has 3 N–H and O–H groups in total. The second-order valence-electron chi connectivity index (χ2n) is 10.8. The molecular formula is C29H35ClF3N3O6. The molecule has 0 fully saturated rings. The van der Waals surface area contributed by atoms with Crippen LogP contribution in [0.3, 0.4) is 0 Å². The van der Waals surface area contributed by atoms with Gasteiger partial charge in [0.15, 0.2) is 0 Å². The number of carbonyl (C=O) groups excluding carboxylic acids is 4. The minimum atomic E-state index is -5.19. The van der Waals surface area contributed by atoms with E-state index in [1.807, 2.05) is 0 Å². The van der Waals surface area contributed by atoms with E-state index >= 15 is 0 Å². The third kappa shape index (κ3) is 10.3. The van der Waals surface area contributed by atoms with Crippen LogP contribution in [0.15, 0.2) is 48.5 Å². The van der Waals surface area contributed by atoms with Gasteiger partial charge in [-0.15, -0.1) is 0 Å². The Morgan fingerprint density at radius 1 is 0.905 bits per heavy atom. The molecule has 1 unspecified atom stereocenters. The summed E-state index contributed by atoms with van der Waals surface area (Å²) in [5.41, 5.74) is -0.375. The molecule has 0 heterocycles. The summed E-state index contributed by atoms with van der Waals surface area (Å²) in [4.78, 5) is 51.9. The van der Waals surface area contributed by atoms with Crippen molar-refractivity contribution in [1.29, 1.82) is 0 Å². The van der Waals surface area contributed by atoms with Crippen LogP contribution in [-0.4, -0.2) is 61.1 Å². The Hall–Kier alpha value is -3.64. The van der Waals surface area contributed by atoms with Crippen molar-refractivity contribution in [3.63, 3.8) is 0 Å². The molecule has 0 radical (unpaired) electrons. The summed E-state index contributed by atoms with van der Waals surface area (Å²) in [6.45, 7) is 7.59. The first-order chi connectivity index (χ1) is 19.4. The number of Topliss-reactive ketones (excluding diaryl/α,β-unsaturated/α-hetero) is 1. The number of carbonyl (C=O) groups is 4. The van der Waals surface area contributed by atoms with Crippen molar-refractivity contribution in [2.24, 2.45) is 5.92 Å². The van der Waals surface area contributed by atoms with Gasteiger partial charge in [0.25, 0.3) is 11.7 Å². The van der Waals surface area contributed by atoms with Crippen LogP contribution in [0.1, 0.15) is 56.6 Å². The molecule has 9 nitrogen and oxygen atoms in total. The zero-order chi connectivity index (χ0) is 31.8. The molecule has 0 bridgehead atoms. The molecular weight excluding hydrogens is 579 g/mol. The van der Waals surface area contributed by atoms with E-state index in [1.165, 1.54) is 57.4 Å². The number of alkyl halides is 3. The van der Waals surface area contributed by atoms with Crippen molar-refractivity contribution in [2.45, 2.75) is 64.5 Å². The van der Waals surface area contributed by atoms with Crippen molar-refractivity contribution >= 4 is 35.1 Å². The van der Waals surface area contributed by atoms with Gasteiger partial charge in [-0.2, -0.15) is 13.2 Å². The Morgan fingerprint density at radius 3 is 2.02 bits per heavy atom. The maximum atomic E-state index is 13.5. The highest BCUT2D eigenvalue weighted by Crippen LogP contribution is 2.23. The van der Waals surface area contributed by atoms with Gasteiger partial charge in [-0.1, -0.05) is 43.6 Å². The molecule has 0 aliphatic heterocycles. The van der Waals surface area contributed by atoms with Gasteiger partial charge in [0.2, 0.25) is 11.8 Å². The third-order valence-electron chi connectivity index (χ3n) is 5.92. The molecule has 0 spiro atoms. The average molecular weight is 614 g/mol. The SMILES string of the molecule is COc1ccc(C(NC(=O)[C@H](COC(C)(C)C)NC(=O)c2cccc(Cl)c2)C(=O)N[C@H](C(=O)C(F)(F)F)C(C)C)cc1. The van der Waals surface area contributed by atoms with E-state index < -0.39 is 59.3 Å². The predicted octanol–water partition coefficient (Wildman–Crippen LogP) is 4.39. The van der Waals surface area contributed by atoms with E-state index in [2.05, 4.69) is 16.0 Å². The highest BCUT2D eigenvalue weighted by Gasteiger charge is 2.45. The quantitative estimate of drug-likeness (QED) is 0.326. The first-order valence-electron chi connectivity index (χ1n) is 13.0. The summed E-state index contributed by atoms with van der Waals surface area (Å²) < 4.78 is 50.6. The highest BCUT2D eigenvalue weighted by molar-refractivity contribution is 6.31. The number of methoxy groups -OCH3 is 1. The lowest BCUT2D eigenvalue weighted by molar-refractivity contribution is -0.175. The van der Waals surface area contributed by atoms with Crippen LogP contribution in [-0.2, 0) is 19.1 Å². The number of halogens is 4. The normalized spacial score (nSPS) is 14.0. The van der Waals surface area contributed by atoms with E-state index in [-0.39, 0.29) is 17.7 Å². The first-order valence-corrected chi connectivity index (χ1v) is 13.4. The number of ether oxygens (including phenoxy) is 2. The molecule has 42 heavy (non-hydrogen) atoms.